The molecule has 2 amide bonds. The molecule has 0 saturated heterocycles. The Bertz CT molecular complexity index is 684. The van der Waals surface area contributed by atoms with Gasteiger partial charge in [-0.1, -0.05) is 44.2 Å². The van der Waals surface area contributed by atoms with Crippen LogP contribution in [-0.4, -0.2) is 25.0 Å². The molecule has 24 heavy (non-hydrogen) atoms. The first-order valence-corrected chi connectivity index (χ1v) is 7.91. The number of ether oxygens (including phenoxy) is 1. The molecule has 0 aliphatic rings. The molecule has 2 aromatic carbocycles. The highest BCUT2D eigenvalue weighted by molar-refractivity contribution is 6.06. The molecular weight excluding hydrogens is 304 g/mol. The third kappa shape index (κ3) is 5.43. The van der Waals surface area contributed by atoms with Crippen LogP contribution < -0.4 is 15.4 Å². The van der Waals surface area contributed by atoms with Crippen LogP contribution in [0.5, 0.6) is 5.75 Å². The van der Waals surface area contributed by atoms with Gasteiger partial charge in [0.15, 0.2) is 6.61 Å². The molecule has 2 aromatic rings. The van der Waals surface area contributed by atoms with E-state index in [4.69, 9.17) is 4.74 Å². The van der Waals surface area contributed by atoms with Crippen molar-refractivity contribution in [3.63, 3.8) is 0 Å². The molecule has 0 saturated carbocycles. The lowest BCUT2D eigenvalue weighted by molar-refractivity contribution is -0.123. The second-order valence-electron chi connectivity index (χ2n) is 5.80. The Balaban J connectivity index is 1.99. The van der Waals surface area contributed by atoms with E-state index in [1.54, 1.807) is 36.4 Å². The van der Waals surface area contributed by atoms with Crippen LogP contribution in [0, 0.1) is 5.92 Å². The van der Waals surface area contributed by atoms with Gasteiger partial charge < -0.3 is 15.4 Å². The molecule has 0 radical (unpaired) electrons. The first kappa shape index (κ1) is 17.5. The molecule has 5 nitrogen and oxygen atoms in total. The third-order valence-corrected chi connectivity index (χ3v) is 3.23. The van der Waals surface area contributed by atoms with Crippen molar-refractivity contribution in [2.24, 2.45) is 5.92 Å². The maximum absolute atomic E-state index is 12.4. The second kappa shape index (κ2) is 8.72. The number of benzene rings is 2. The molecule has 5 heteroatoms. The predicted molar refractivity (Wildman–Crippen MR) is 94.2 cm³/mol. The zero-order valence-electron chi connectivity index (χ0n) is 13.9. The van der Waals surface area contributed by atoms with Crippen LogP contribution in [0.25, 0.3) is 0 Å². The first-order chi connectivity index (χ1) is 11.6. The lowest BCUT2D eigenvalue weighted by atomic mass is 10.2. The normalized spacial score (nSPS) is 10.3. The quantitative estimate of drug-likeness (QED) is 0.821. The van der Waals surface area contributed by atoms with Crippen molar-refractivity contribution in [3.05, 3.63) is 60.2 Å². The van der Waals surface area contributed by atoms with Gasteiger partial charge in [0.2, 0.25) is 0 Å². The van der Waals surface area contributed by atoms with Crippen LogP contribution in [0.4, 0.5) is 5.69 Å². The van der Waals surface area contributed by atoms with Gasteiger partial charge in [0.1, 0.15) is 5.75 Å². The minimum atomic E-state index is -0.278. The third-order valence-electron chi connectivity index (χ3n) is 3.23. The van der Waals surface area contributed by atoms with E-state index in [0.717, 1.165) is 0 Å². The summed E-state index contributed by atoms with van der Waals surface area (Å²) in [6.45, 7) is 4.51. The molecular formula is C19H22N2O3. The summed E-state index contributed by atoms with van der Waals surface area (Å²) in [4.78, 5) is 24.2. The second-order valence-corrected chi connectivity index (χ2v) is 5.80. The summed E-state index contributed by atoms with van der Waals surface area (Å²) in [6, 6.07) is 16.0. The van der Waals surface area contributed by atoms with Crippen LogP contribution in [0.15, 0.2) is 54.6 Å². The standard InChI is InChI=1S/C19H22N2O3/c1-14(2)12-20-18(22)13-24-17-11-7-6-10-16(17)19(23)21-15-8-4-3-5-9-15/h3-11,14H,12-13H2,1-2H3,(H,20,22)(H,21,23). The monoisotopic (exact) mass is 326 g/mol. The highest BCUT2D eigenvalue weighted by atomic mass is 16.5. The molecule has 0 aliphatic heterocycles. The fourth-order valence-electron chi connectivity index (χ4n) is 2.01. The van der Waals surface area contributed by atoms with Crippen molar-refractivity contribution in [1.82, 2.24) is 5.32 Å². The van der Waals surface area contributed by atoms with Crippen molar-refractivity contribution in [1.29, 1.82) is 0 Å². The van der Waals surface area contributed by atoms with Crippen molar-refractivity contribution in [2.75, 3.05) is 18.5 Å². The Morgan fingerprint density at radius 1 is 1.00 bits per heavy atom. The van der Waals surface area contributed by atoms with Gasteiger partial charge in [0.25, 0.3) is 11.8 Å². The van der Waals surface area contributed by atoms with Gasteiger partial charge in [0, 0.05) is 12.2 Å². The van der Waals surface area contributed by atoms with Crippen LogP contribution in [0.1, 0.15) is 24.2 Å². The Morgan fingerprint density at radius 3 is 2.38 bits per heavy atom. The maximum Gasteiger partial charge on any atom is 0.259 e. The Labute approximate surface area is 142 Å². The van der Waals surface area contributed by atoms with Gasteiger partial charge in [-0.15, -0.1) is 0 Å². The number of hydrogen-bond donors (Lipinski definition) is 2. The Hall–Kier alpha value is -2.82. The summed E-state index contributed by atoms with van der Waals surface area (Å²) in [6.07, 6.45) is 0. The van der Waals surface area contributed by atoms with E-state index in [-0.39, 0.29) is 18.4 Å². The van der Waals surface area contributed by atoms with Crippen LogP contribution in [0.3, 0.4) is 0 Å². The van der Waals surface area contributed by atoms with Gasteiger partial charge in [-0.05, 0) is 30.2 Å². The van der Waals surface area contributed by atoms with E-state index in [1.807, 2.05) is 32.0 Å². The van der Waals surface area contributed by atoms with Crippen molar-refractivity contribution in [3.8, 4) is 5.75 Å². The number of amides is 2. The number of hydrogen-bond acceptors (Lipinski definition) is 3. The van der Waals surface area contributed by atoms with E-state index in [0.29, 0.717) is 29.5 Å². The zero-order valence-corrected chi connectivity index (χ0v) is 13.9. The molecule has 0 unspecified atom stereocenters. The van der Waals surface area contributed by atoms with Crippen molar-refractivity contribution >= 4 is 17.5 Å². The van der Waals surface area contributed by atoms with Gasteiger partial charge in [-0.25, -0.2) is 0 Å². The Kier molecular flexibility index (Phi) is 6.37. The molecule has 0 heterocycles. The minimum Gasteiger partial charge on any atom is -0.483 e. The molecule has 0 aromatic heterocycles. The smallest absolute Gasteiger partial charge is 0.259 e. The molecule has 0 bridgehead atoms. The maximum atomic E-state index is 12.4. The van der Waals surface area contributed by atoms with Crippen LogP contribution in [-0.2, 0) is 4.79 Å². The van der Waals surface area contributed by atoms with E-state index in [1.165, 1.54) is 0 Å². The van der Waals surface area contributed by atoms with Crippen molar-refractivity contribution < 1.29 is 14.3 Å². The van der Waals surface area contributed by atoms with E-state index in [2.05, 4.69) is 10.6 Å². The van der Waals surface area contributed by atoms with Crippen LogP contribution >= 0.6 is 0 Å². The fraction of sp³-hybridized carbons (Fsp3) is 0.263. The van der Waals surface area contributed by atoms with Gasteiger partial charge in [0.05, 0.1) is 5.56 Å². The van der Waals surface area contributed by atoms with Crippen LogP contribution in [0.2, 0.25) is 0 Å². The predicted octanol–water partition coefficient (Wildman–Crippen LogP) is 3.09. The number of para-hydroxylation sites is 2. The van der Waals surface area contributed by atoms with E-state index >= 15 is 0 Å². The Morgan fingerprint density at radius 2 is 1.67 bits per heavy atom. The lowest BCUT2D eigenvalue weighted by Gasteiger charge is -2.12. The topological polar surface area (TPSA) is 67.4 Å². The SMILES string of the molecule is CC(C)CNC(=O)COc1ccccc1C(=O)Nc1ccccc1. The van der Waals surface area contributed by atoms with E-state index in [9.17, 15) is 9.59 Å². The fourth-order valence-corrected chi connectivity index (χ4v) is 2.01. The summed E-state index contributed by atoms with van der Waals surface area (Å²) >= 11 is 0. The van der Waals surface area contributed by atoms with Gasteiger partial charge in [-0.2, -0.15) is 0 Å². The lowest BCUT2D eigenvalue weighted by Crippen LogP contribution is -2.32. The molecule has 2 N–H and O–H groups in total. The molecule has 0 aliphatic carbocycles. The summed E-state index contributed by atoms with van der Waals surface area (Å²) in [5.74, 6) is 0.268. The highest BCUT2D eigenvalue weighted by Gasteiger charge is 2.13. The van der Waals surface area contributed by atoms with Gasteiger partial charge >= 0.3 is 0 Å². The number of nitrogens with one attached hydrogen (secondary N) is 2. The summed E-state index contributed by atoms with van der Waals surface area (Å²) in [7, 11) is 0. The zero-order chi connectivity index (χ0) is 17.4. The highest BCUT2D eigenvalue weighted by Crippen LogP contribution is 2.19. The average Bonchev–Trinajstić information content (AvgIpc) is 2.59. The molecule has 2 rings (SSSR count). The minimum absolute atomic E-state index is 0.123. The molecule has 0 fully saturated rings. The molecule has 0 spiro atoms. The van der Waals surface area contributed by atoms with E-state index < -0.39 is 0 Å². The molecule has 0 atom stereocenters. The largest absolute Gasteiger partial charge is 0.483 e. The number of rotatable bonds is 7. The number of carbonyl (C=O) groups excluding carboxylic acids is 2. The summed E-state index contributed by atoms with van der Waals surface area (Å²) in [5.41, 5.74) is 1.09. The summed E-state index contributed by atoms with van der Waals surface area (Å²) in [5, 5.41) is 5.58. The average molecular weight is 326 g/mol. The summed E-state index contributed by atoms with van der Waals surface area (Å²) < 4.78 is 5.52. The van der Waals surface area contributed by atoms with Crippen molar-refractivity contribution in [2.45, 2.75) is 13.8 Å². The van der Waals surface area contributed by atoms with Gasteiger partial charge in [-0.3, -0.25) is 9.59 Å². The first-order valence-electron chi connectivity index (χ1n) is 7.91. The molecule has 126 valence electrons. The number of anilines is 1. The number of carbonyl (C=O) groups is 2.